The summed E-state index contributed by atoms with van der Waals surface area (Å²) in [4.78, 5) is 12.5. The Hall–Kier alpha value is -3.59. The number of fused-ring (bicyclic) bond motifs is 1. The lowest BCUT2D eigenvalue weighted by Gasteiger charge is -2.09. The maximum Gasteiger partial charge on any atom is 0.255 e. The lowest BCUT2D eigenvalue weighted by Crippen LogP contribution is -2.11. The van der Waals surface area contributed by atoms with E-state index in [1.165, 1.54) is 0 Å². The number of nitrogens with one attached hydrogen (secondary N) is 1. The molecule has 0 aliphatic rings. The number of amides is 1. The van der Waals surface area contributed by atoms with Gasteiger partial charge < -0.3 is 10.1 Å². The molecule has 132 valence electrons. The zero-order chi connectivity index (χ0) is 18.5. The molecular formula is C24H19NO2. The second-order valence-electron chi connectivity index (χ2n) is 6.31. The molecule has 0 aliphatic heterocycles. The number of ether oxygens (including phenoxy) is 1. The molecule has 0 bridgehead atoms. The Kier molecular flexibility index (Phi) is 4.84. The third-order valence-corrected chi connectivity index (χ3v) is 4.37. The molecule has 0 fully saturated rings. The molecule has 4 aromatic carbocycles. The van der Waals surface area contributed by atoms with Crippen LogP contribution in [0.3, 0.4) is 0 Å². The van der Waals surface area contributed by atoms with Crippen molar-refractivity contribution < 1.29 is 9.53 Å². The smallest absolute Gasteiger partial charge is 0.255 e. The summed E-state index contributed by atoms with van der Waals surface area (Å²) in [5, 5.41) is 5.10. The Morgan fingerprint density at radius 3 is 2.22 bits per heavy atom. The molecule has 0 unspecified atom stereocenters. The van der Waals surface area contributed by atoms with Crippen LogP contribution in [0.2, 0.25) is 0 Å². The summed E-state index contributed by atoms with van der Waals surface area (Å²) < 4.78 is 5.77. The second kappa shape index (κ2) is 7.75. The maximum absolute atomic E-state index is 12.5. The first-order valence-corrected chi connectivity index (χ1v) is 8.85. The quantitative estimate of drug-likeness (QED) is 0.502. The highest BCUT2D eigenvalue weighted by molar-refractivity contribution is 6.06. The zero-order valence-corrected chi connectivity index (χ0v) is 14.8. The van der Waals surface area contributed by atoms with Gasteiger partial charge in [-0.1, -0.05) is 60.7 Å². The summed E-state index contributed by atoms with van der Waals surface area (Å²) in [6.07, 6.45) is 0. The summed E-state index contributed by atoms with van der Waals surface area (Å²) in [6, 6.07) is 31.1. The normalized spacial score (nSPS) is 10.5. The lowest BCUT2D eigenvalue weighted by molar-refractivity contribution is 0.102. The summed E-state index contributed by atoms with van der Waals surface area (Å²) in [5.74, 6) is 0.640. The van der Waals surface area contributed by atoms with Gasteiger partial charge in [0.1, 0.15) is 12.4 Å². The molecule has 1 amide bonds. The van der Waals surface area contributed by atoms with Crippen molar-refractivity contribution in [2.75, 3.05) is 5.32 Å². The molecule has 0 aromatic heterocycles. The van der Waals surface area contributed by atoms with E-state index in [4.69, 9.17) is 4.74 Å². The summed E-state index contributed by atoms with van der Waals surface area (Å²) >= 11 is 0. The van der Waals surface area contributed by atoms with Crippen molar-refractivity contribution in [3.8, 4) is 5.75 Å². The Balaban J connectivity index is 1.40. The fourth-order valence-corrected chi connectivity index (χ4v) is 2.91. The third-order valence-electron chi connectivity index (χ3n) is 4.37. The van der Waals surface area contributed by atoms with Crippen LogP contribution in [0, 0.1) is 0 Å². The van der Waals surface area contributed by atoms with Crippen molar-refractivity contribution in [2.24, 2.45) is 0 Å². The van der Waals surface area contributed by atoms with Gasteiger partial charge in [-0.2, -0.15) is 0 Å². The Bertz CT molecular complexity index is 1060. The van der Waals surface area contributed by atoms with Gasteiger partial charge >= 0.3 is 0 Å². The Morgan fingerprint density at radius 2 is 1.44 bits per heavy atom. The van der Waals surface area contributed by atoms with Crippen LogP contribution in [0.5, 0.6) is 5.75 Å². The second-order valence-corrected chi connectivity index (χ2v) is 6.31. The molecule has 0 heterocycles. The van der Waals surface area contributed by atoms with Gasteiger partial charge in [0.25, 0.3) is 5.91 Å². The van der Waals surface area contributed by atoms with Gasteiger partial charge in [-0.25, -0.2) is 0 Å². The van der Waals surface area contributed by atoms with Crippen LogP contribution in [0.15, 0.2) is 97.1 Å². The minimum Gasteiger partial charge on any atom is -0.489 e. The van der Waals surface area contributed by atoms with Crippen LogP contribution in [0.4, 0.5) is 5.69 Å². The van der Waals surface area contributed by atoms with E-state index in [0.29, 0.717) is 12.2 Å². The van der Waals surface area contributed by atoms with Gasteiger partial charge in [-0.15, -0.1) is 0 Å². The van der Waals surface area contributed by atoms with Crippen molar-refractivity contribution in [3.05, 3.63) is 108 Å². The molecule has 0 radical (unpaired) electrons. The van der Waals surface area contributed by atoms with Crippen LogP contribution < -0.4 is 10.1 Å². The minimum atomic E-state index is -0.126. The topological polar surface area (TPSA) is 38.3 Å². The van der Waals surface area contributed by atoms with Gasteiger partial charge in [-0.05, 0) is 52.7 Å². The number of benzene rings is 4. The first kappa shape index (κ1) is 16.9. The summed E-state index contributed by atoms with van der Waals surface area (Å²) in [5.41, 5.74) is 2.49. The lowest BCUT2D eigenvalue weighted by atomic mass is 10.1. The average molecular weight is 353 g/mol. The van der Waals surface area contributed by atoms with E-state index in [2.05, 4.69) is 5.32 Å². The third kappa shape index (κ3) is 4.15. The van der Waals surface area contributed by atoms with Crippen molar-refractivity contribution in [1.82, 2.24) is 0 Å². The molecule has 0 atom stereocenters. The first-order chi connectivity index (χ1) is 13.3. The number of hydrogen-bond acceptors (Lipinski definition) is 2. The predicted octanol–water partition coefficient (Wildman–Crippen LogP) is 5.67. The molecule has 4 rings (SSSR count). The molecule has 0 saturated heterocycles. The molecule has 3 heteroatoms. The highest BCUT2D eigenvalue weighted by atomic mass is 16.5. The first-order valence-electron chi connectivity index (χ1n) is 8.85. The van der Waals surface area contributed by atoms with Gasteiger partial charge in [0.15, 0.2) is 0 Å². The SMILES string of the molecule is O=C(Nc1ccc(OCc2ccccc2)cc1)c1ccc2ccccc2c1. The Labute approximate surface area is 158 Å². The van der Waals surface area contributed by atoms with Crippen LogP contribution in [0.1, 0.15) is 15.9 Å². The van der Waals surface area contributed by atoms with E-state index in [1.54, 1.807) is 0 Å². The molecule has 0 spiro atoms. The number of hydrogen-bond donors (Lipinski definition) is 1. The molecule has 0 saturated carbocycles. The zero-order valence-electron chi connectivity index (χ0n) is 14.8. The molecule has 1 N–H and O–H groups in total. The van der Waals surface area contributed by atoms with Crippen molar-refractivity contribution in [3.63, 3.8) is 0 Å². The number of rotatable bonds is 5. The van der Waals surface area contributed by atoms with Crippen molar-refractivity contribution in [2.45, 2.75) is 6.61 Å². The average Bonchev–Trinajstić information content (AvgIpc) is 2.73. The minimum absolute atomic E-state index is 0.126. The van der Waals surface area contributed by atoms with Crippen LogP contribution in [-0.2, 0) is 6.61 Å². The summed E-state index contributed by atoms with van der Waals surface area (Å²) in [7, 11) is 0. The fourth-order valence-electron chi connectivity index (χ4n) is 2.91. The fraction of sp³-hybridized carbons (Fsp3) is 0.0417. The van der Waals surface area contributed by atoms with E-state index in [1.807, 2.05) is 97.1 Å². The Morgan fingerprint density at radius 1 is 0.741 bits per heavy atom. The number of carbonyl (C=O) groups excluding carboxylic acids is 1. The van der Waals surface area contributed by atoms with E-state index in [-0.39, 0.29) is 5.91 Å². The molecular weight excluding hydrogens is 334 g/mol. The largest absolute Gasteiger partial charge is 0.489 e. The number of carbonyl (C=O) groups is 1. The van der Waals surface area contributed by atoms with Crippen molar-refractivity contribution >= 4 is 22.4 Å². The van der Waals surface area contributed by atoms with Gasteiger partial charge in [0.05, 0.1) is 0 Å². The van der Waals surface area contributed by atoms with Crippen LogP contribution in [0.25, 0.3) is 10.8 Å². The highest BCUT2D eigenvalue weighted by Gasteiger charge is 2.07. The van der Waals surface area contributed by atoms with E-state index in [0.717, 1.165) is 27.8 Å². The van der Waals surface area contributed by atoms with Crippen LogP contribution in [-0.4, -0.2) is 5.91 Å². The van der Waals surface area contributed by atoms with Gasteiger partial charge in [0.2, 0.25) is 0 Å². The van der Waals surface area contributed by atoms with Crippen LogP contribution >= 0.6 is 0 Å². The monoisotopic (exact) mass is 353 g/mol. The number of anilines is 1. The maximum atomic E-state index is 12.5. The van der Waals surface area contributed by atoms with E-state index < -0.39 is 0 Å². The van der Waals surface area contributed by atoms with Gasteiger partial charge in [-0.3, -0.25) is 4.79 Å². The van der Waals surface area contributed by atoms with Gasteiger partial charge in [0, 0.05) is 11.3 Å². The summed E-state index contributed by atoms with van der Waals surface area (Å²) in [6.45, 7) is 0.517. The van der Waals surface area contributed by atoms with E-state index >= 15 is 0 Å². The van der Waals surface area contributed by atoms with E-state index in [9.17, 15) is 4.79 Å². The standard InChI is InChI=1S/C24H19NO2/c26-24(21-11-10-19-8-4-5-9-20(19)16-21)25-22-12-14-23(15-13-22)27-17-18-6-2-1-3-7-18/h1-16H,17H2,(H,25,26). The molecule has 4 aromatic rings. The molecule has 27 heavy (non-hydrogen) atoms. The predicted molar refractivity (Wildman–Crippen MR) is 109 cm³/mol. The molecule has 3 nitrogen and oxygen atoms in total. The van der Waals surface area contributed by atoms with Crippen molar-refractivity contribution in [1.29, 1.82) is 0 Å². The molecule has 0 aliphatic carbocycles. The highest BCUT2D eigenvalue weighted by Crippen LogP contribution is 2.19.